The summed E-state index contributed by atoms with van der Waals surface area (Å²) in [7, 11) is 1.42. The molecule has 0 saturated heterocycles. The Kier molecular flexibility index (Phi) is 3.99. The fourth-order valence-corrected chi connectivity index (χ4v) is 2.22. The number of hydrogen-bond acceptors (Lipinski definition) is 3. The highest BCUT2D eigenvalue weighted by molar-refractivity contribution is 6.31. The molecule has 0 bridgehead atoms. The summed E-state index contributed by atoms with van der Waals surface area (Å²) in [6.45, 7) is 2.28. The summed E-state index contributed by atoms with van der Waals surface area (Å²) in [5.74, 6) is -1.03. The highest BCUT2D eigenvalue weighted by Gasteiger charge is 2.21. The number of carbonyl (C=O) groups is 1. The van der Waals surface area contributed by atoms with E-state index in [0.717, 1.165) is 11.0 Å². The van der Waals surface area contributed by atoms with Crippen LogP contribution in [-0.4, -0.2) is 22.2 Å². The molecule has 0 aliphatic heterocycles. The lowest BCUT2D eigenvalue weighted by molar-refractivity contribution is 0.0680. The van der Waals surface area contributed by atoms with E-state index in [4.69, 9.17) is 16.3 Å². The molecule has 0 atom stereocenters. The van der Waals surface area contributed by atoms with Gasteiger partial charge in [0, 0.05) is 17.5 Å². The van der Waals surface area contributed by atoms with Crippen LogP contribution in [0.1, 0.15) is 23.8 Å². The van der Waals surface area contributed by atoms with Gasteiger partial charge < -0.3 is 14.4 Å². The molecule has 0 aliphatic carbocycles. The molecule has 2 aromatic rings. The largest absolute Gasteiger partial charge is 0.490 e. The summed E-state index contributed by atoms with van der Waals surface area (Å²) in [5.41, 5.74) is -0.559. The van der Waals surface area contributed by atoms with E-state index in [1.807, 2.05) is 6.92 Å². The van der Waals surface area contributed by atoms with E-state index in [1.54, 1.807) is 18.2 Å². The van der Waals surface area contributed by atoms with Crippen molar-refractivity contribution in [3.05, 3.63) is 39.3 Å². The molecule has 0 radical (unpaired) electrons. The number of carboxylic acids is 1. The Balaban J connectivity index is 2.90. The molecule has 0 fully saturated rings. The molecule has 1 aromatic carbocycles. The third kappa shape index (κ3) is 2.36. The van der Waals surface area contributed by atoms with E-state index in [-0.39, 0.29) is 11.4 Å². The Bertz CT molecular complexity index is 736. The van der Waals surface area contributed by atoms with Gasteiger partial charge in [0.2, 0.25) is 0 Å². The normalized spacial score (nSPS) is 10.8. The Morgan fingerprint density at radius 3 is 2.70 bits per heavy atom. The van der Waals surface area contributed by atoms with Crippen molar-refractivity contribution in [1.29, 1.82) is 0 Å². The number of aromatic nitrogens is 1. The van der Waals surface area contributed by atoms with Gasteiger partial charge in [0.1, 0.15) is 0 Å². The van der Waals surface area contributed by atoms with Crippen LogP contribution in [0.2, 0.25) is 5.02 Å². The molecule has 1 heterocycles. The molecule has 0 unspecified atom stereocenters. The van der Waals surface area contributed by atoms with Gasteiger partial charge in [-0.1, -0.05) is 18.5 Å². The van der Waals surface area contributed by atoms with Crippen molar-refractivity contribution in [2.45, 2.75) is 13.3 Å². The van der Waals surface area contributed by atoms with Crippen LogP contribution in [0, 0.1) is 0 Å². The topological polar surface area (TPSA) is 68.5 Å². The van der Waals surface area contributed by atoms with Crippen molar-refractivity contribution in [1.82, 2.24) is 4.57 Å². The average Bonchev–Trinajstić information content (AvgIpc) is 2.40. The molecule has 106 valence electrons. The zero-order chi connectivity index (χ0) is 14.9. The van der Waals surface area contributed by atoms with E-state index < -0.39 is 11.5 Å². The lowest BCUT2D eigenvalue weighted by Gasteiger charge is -2.15. The maximum Gasteiger partial charge on any atom is 0.356 e. The number of hydrogen-bond donors (Lipinski definition) is 1. The van der Waals surface area contributed by atoms with Crippen LogP contribution in [0.5, 0.6) is 5.75 Å². The number of halogens is 1. The van der Waals surface area contributed by atoms with Gasteiger partial charge in [-0.3, -0.25) is 4.79 Å². The predicted octanol–water partition coefficient (Wildman–Crippen LogP) is 2.68. The molecule has 5 nitrogen and oxygen atoms in total. The highest BCUT2D eigenvalue weighted by Crippen LogP contribution is 2.30. The third-order valence-corrected chi connectivity index (χ3v) is 3.20. The Morgan fingerprint density at radius 2 is 2.10 bits per heavy atom. The van der Waals surface area contributed by atoms with E-state index in [0.29, 0.717) is 22.4 Å². The second-order valence-corrected chi connectivity index (χ2v) is 4.82. The number of nitrogens with zero attached hydrogens (tertiary/aromatic N) is 1. The van der Waals surface area contributed by atoms with Crippen molar-refractivity contribution in [3.8, 4) is 5.75 Å². The maximum atomic E-state index is 12.2. The van der Waals surface area contributed by atoms with Gasteiger partial charge in [0.15, 0.2) is 11.4 Å². The molecule has 1 aromatic heterocycles. The van der Waals surface area contributed by atoms with Crippen LogP contribution in [-0.2, 0) is 7.05 Å². The van der Waals surface area contributed by atoms with Crippen LogP contribution in [0.4, 0.5) is 0 Å². The molecule has 0 spiro atoms. The highest BCUT2D eigenvalue weighted by atomic mass is 35.5. The monoisotopic (exact) mass is 295 g/mol. The summed E-state index contributed by atoms with van der Waals surface area (Å²) < 4.78 is 6.64. The number of benzene rings is 1. The first-order valence-electron chi connectivity index (χ1n) is 6.15. The number of carboxylic acid groups (broad SMARTS) is 1. The molecule has 1 N–H and O–H groups in total. The molecular formula is C14H14ClNO4. The van der Waals surface area contributed by atoms with Gasteiger partial charge in [-0.2, -0.15) is 0 Å². The second kappa shape index (κ2) is 5.54. The van der Waals surface area contributed by atoms with E-state index in [9.17, 15) is 14.7 Å². The van der Waals surface area contributed by atoms with Crippen molar-refractivity contribution in [2.24, 2.45) is 7.05 Å². The fourth-order valence-electron chi connectivity index (χ4n) is 2.04. The number of pyridine rings is 1. The molecule has 2 rings (SSSR count). The zero-order valence-electron chi connectivity index (χ0n) is 11.1. The van der Waals surface area contributed by atoms with Gasteiger partial charge in [0.25, 0.3) is 5.56 Å². The molecule has 6 heteroatoms. The second-order valence-electron chi connectivity index (χ2n) is 4.39. The number of ether oxygens (including phenoxy) is 1. The van der Waals surface area contributed by atoms with Gasteiger partial charge in [-0.15, -0.1) is 0 Å². The summed E-state index contributed by atoms with van der Waals surface area (Å²) in [4.78, 5) is 23.6. The minimum atomic E-state index is -1.21. The van der Waals surface area contributed by atoms with Crippen LogP contribution < -0.4 is 10.3 Å². The molecule has 0 amide bonds. The van der Waals surface area contributed by atoms with Crippen molar-refractivity contribution in [2.75, 3.05) is 6.61 Å². The minimum Gasteiger partial charge on any atom is -0.490 e. The van der Waals surface area contributed by atoms with Crippen molar-refractivity contribution in [3.63, 3.8) is 0 Å². The maximum absolute atomic E-state index is 12.2. The van der Waals surface area contributed by atoms with Crippen LogP contribution >= 0.6 is 11.6 Å². The lowest BCUT2D eigenvalue weighted by Crippen LogP contribution is -2.24. The number of aromatic carboxylic acids is 1. The lowest BCUT2D eigenvalue weighted by atomic mass is 10.1. The molecular weight excluding hydrogens is 282 g/mol. The van der Waals surface area contributed by atoms with Gasteiger partial charge in [0.05, 0.1) is 12.0 Å². The third-order valence-electron chi connectivity index (χ3n) is 2.96. The van der Waals surface area contributed by atoms with E-state index >= 15 is 0 Å². The van der Waals surface area contributed by atoms with Crippen LogP contribution in [0.3, 0.4) is 0 Å². The minimum absolute atomic E-state index is 0.168. The summed E-state index contributed by atoms with van der Waals surface area (Å²) >= 11 is 5.94. The summed E-state index contributed by atoms with van der Waals surface area (Å²) in [6, 6.07) is 4.72. The standard InChI is InChI=1S/C14H14ClNO4/c1-3-6-20-12-10-7-8(15)4-5-9(10)13(17)16(2)11(12)14(18)19/h4-5,7H,3,6H2,1-2H3,(H,18,19). The van der Waals surface area contributed by atoms with Gasteiger partial charge >= 0.3 is 5.97 Å². The number of rotatable bonds is 4. The molecule has 20 heavy (non-hydrogen) atoms. The Morgan fingerprint density at radius 1 is 1.40 bits per heavy atom. The van der Waals surface area contributed by atoms with Gasteiger partial charge in [-0.05, 0) is 24.6 Å². The average molecular weight is 296 g/mol. The van der Waals surface area contributed by atoms with E-state index in [2.05, 4.69) is 0 Å². The molecule has 0 saturated carbocycles. The van der Waals surface area contributed by atoms with E-state index in [1.165, 1.54) is 7.05 Å². The first-order valence-corrected chi connectivity index (χ1v) is 6.53. The quantitative estimate of drug-likeness (QED) is 0.941. The Hall–Kier alpha value is -2.01. The predicted molar refractivity (Wildman–Crippen MR) is 76.9 cm³/mol. The zero-order valence-corrected chi connectivity index (χ0v) is 11.9. The molecule has 0 aliphatic rings. The van der Waals surface area contributed by atoms with Crippen LogP contribution in [0.15, 0.2) is 23.0 Å². The SMILES string of the molecule is CCCOc1c(C(=O)O)n(C)c(=O)c2ccc(Cl)cc12. The summed E-state index contributed by atoms with van der Waals surface area (Å²) in [6.07, 6.45) is 0.726. The Labute approximate surface area is 120 Å². The first-order chi connectivity index (χ1) is 9.47. The smallest absolute Gasteiger partial charge is 0.356 e. The van der Waals surface area contributed by atoms with Crippen molar-refractivity contribution < 1.29 is 14.6 Å². The fraction of sp³-hybridized carbons (Fsp3) is 0.286. The number of fused-ring (bicyclic) bond motifs is 1. The van der Waals surface area contributed by atoms with Crippen LogP contribution in [0.25, 0.3) is 10.8 Å². The first kappa shape index (κ1) is 14.4. The van der Waals surface area contributed by atoms with Crippen molar-refractivity contribution >= 4 is 28.3 Å². The summed E-state index contributed by atoms with van der Waals surface area (Å²) in [5, 5.41) is 10.6. The van der Waals surface area contributed by atoms with Gasteiger partial charge in [-0.25, -0.2) is 4.79 Å².